The number of nitrogens with zero attached hydrogens (tertiary/aromatic N) is 1. The molecule has 26 heavy (non-hydrogen) atoms. The Bertz CT molecular complexity index is 909. The molecule has 0 atom stereocenters. The van der Waals surface area contributed by atoms with Gasteiger partial charge in [0.25, 0.3) is 0 Å². The van der Waals surface area contributed by atoms with Crippen LogP contribution < -0.4 is 10.6 Å². The van der Waals surface area contributed by atoms with Crippen molar-refractivity contribution >= 4 is 23.4 Å². The number of hydrogen-bond donors (Lipinski definition) is 3. The van der Waals surface area contributed by atoms with Crippen molar-refractivity contribution in [2.75, 3.05) is 10.6 Å². The molecule has 0 aliphatic rings. The fourth-order valence-corrected chi connectivity index (χ4v) is 2.58. The summed E-state index contributed by atoms with van der Waals surface area (Å²) in [6.45, 7) is 0. The Balaban J connectivity index is 1.66. The van der Waals surface area contributed by atoms with Crippen molar-refractivity contribution in [1.29, 1.82) is 0 Å². The van der Waals surface area contributed by atoms with Crippen LogP contribution in [0.25, 0.3) is 11.1 Å². The van der Waals surface area contributed by atoms with Crippen molar-refractivity contribution in [2.45, 2.75) is 6.42 Å². The van der Waals surface area contributed by atoms with Crippen LogP contribution in [0.3, 0.4) is 0 Å². The molecule has 6 nitrogen and oxygen atoms in total. The number of para-hydroxylation sites is 1. The van der Waals surface area contributed by atoms with Crippen LogP contribution in [0, 0.1) is 0 Å². The maximum absolute atomic E-state index is 12.3. The molecule has 130 valence electrons. The molecule has 0 radical (unpaired) electrons. The first-order valence-electron chi connectivity index (χ1n) is 8.00. The molecule has 6 heteroatoms. The fourth-order valence-electron chi connectivity index (χ4n) is 2.58. The number of aromatic nitrogens is 1. The van der Waals surface area contributed by atoms with Gasteiger partial charge in [0.2, 0.25) is 5.91 Å². The Labute approximate surface area is 150 Å². The molecule has 0 unspecified atom stereocenters. The third kappa shape index (κ3) is 4.45. The van der Waals surface area contributed by atoms with E-state index in [9.17, 15) is 9.59 Å². The van der Waals surface area contributed by atoms with E-state index in [-0.39, 0.29) is 12.3 Å². The van der Waals surface area contributed by atoms with E-state index in [1.807, 2.05) is 36.4 Å². The SMILES string of the molecule is O=C(O)Nc1ccccc1CC(=O)Nc1ccc(-c2ccncc2)cc1. The summed E-state index contributed by atoms with van der Waals surface area (Å²) in [7, 11) is 0. The molecule has 0 bridgehead atoms. The number of anilines is 2. The van der Waals surface area contributed by atoms with Crippen LogP contribution in [0.2, 0.25) is 0 Å². The number of rotatable bonds is 5. The molecule has 0 aliphatic heterocycles. The third-order valence-corrected chi connectivity index (χ3v) is 3.79. The molecule has 0 spiro atoms. The lowest BCUT2D eigenvalue weighted by Gasteiger charge is -2.10. The molecule has 2 amide bonds. The lowest BCUT2D eigenvalue weighted by atomic mass is 10.1. The largest absolute Gasteiger partial charge is 0.465 e. The number of carboxylic acid groups (broad SMARTS) is 1. The summed E-state index contributed by atoms with van der Waals surface area (Å²) in [5.41, 5.74) is 3.77. The number of carbonyl (C=O) groups excluding carboxylic acids is 1. The zero-order valence-electron chi connectivity index (χ0n) is 13.8. The van der Waals surface area contributed by atoms with Gasteiger partial charge in [-0.05, 0) is 47.0 Å². The number of pyridine rings is 1. The van der Waals surface area contributed by atoms with E-state index in [4.69, 9.17) is 5.11 Å². The van der Waals surface area contributed by atoms with Crippen LogP contribution in [-0.2, 0) is 11.2 Å². The first-order chi connectivity index (χ1) is 12.6. The minimum atomic E-state index is -1.16. The van der Waals surface area contributed by atoms with Crippen LogP contribution in [-0.4, -0.2) is 22.1 Å². The molecule has 3 rings (SSSR count). The highest BCUT2D eigenvalue weighted by Gasteiger charge is 2.10. The summed E-state index contributed by atoms with van der Waals surface area (Å²) in [4.78, 5) is 27.1. The predicted molar refractivity (Wildman–Crippen MR) is 100 cm³/mol. The molecule has 0 aliphatic carbocycles. The minimum Gasteiger partial charge on any atom is -0.465 e. The molecule has 2 aromatic carbocycles. The van der Waals surface area contributed by atoms with Crippen LogP contribution in [0.5, 0.6) is 0 Å². The van der Waals surface area contributed by atoms with Crippen LogP contribution in [0.4, 0.5) is 16.2 Å². The van der Waals surface area contributed by atoms with E-state index >= 15 is 0 Å². The minimum absolute atomic E-state index is 0.0720. The normalized spacial score (nSPS) is 10.2. The Kier molecular flexibility index (Phi) is 5.24. The number of nitrogens with one attached hydrogen (secondary N) is 2. The van der Waals surface area contributed by atoms with Crippen LogP contribution >= 0.6 is 0 Å². The zero-order chi connectivity index (χ0) is 18.4. The van der Waals surface area contributed by atoms with Gasteiger partial charge in [0.05, 0.1) is 6.42 Å². The Hall–Kier alpha value is -3.67. The lowest BCUT2D eigenvalue weighted by molar-refractivity contribution is -0.115. The average molecular weight is 347 g/mol. The van der Waals surface area contributed by atoms with Crippen molar-refractivity contribution in [3.05, 3.63) is 78.6 Å². The molecule has 1 aromatic heterocycles. The van der Waals surface area contributed by atoms with Crippen molar-refractivity contribution < 1.29 is 14.7 Å². The van der Waals surface area contributed by atoms with Crippen molar-refractivity contribution in [1.82, 2.24) is 4.98 Å². The molecule has 0 fully saturated rings. The maximum atomic E-state index is 12.3. The Morgan fingerprint density at radius 2 is 1.50 bits per heavy atom. The third-order valence-electron chi connectivity index (χ3n) is 3.79. The summed E-state index contributed by atoms with van der Waals surface area (Å²) in [6.07, 6.45) is 2.37. The van der Waals surface area contributed by atoms with E-state index in [1.54, 1.807) is 36.7 Å². The number of benzene rings is 2. The van der Waals surface area contributed by atoms with E-state index < -0.39 is 6.09 Å². The first kappa shape index (κ1) is 17.2. The fraction of sp³-hybridized carbons (Fsp3) is 0.0500. The van der Waals surface area contributed by atoms with Crippen LogP contribution in [0.15, 0.2) is 73.1 Å². The van der Waals surface area contributed by atoms with Gasteiger partial charge in [-0.2, -0.15) is 0 Å². The van der Waals surface area contributed by atoms with E-state index in [0.29, 0.717) is 16.9 Å². The molecular weight excluding hydrogens is 330 g/mol. The maximum Gasteiger partial charge on any atom is 0.409 e. The smallest absolute Gasteiger partial charge is 0.409 e. The summed E-state index contributed by atoms with van der Waals surface area (Å²) in [5, 5.41) is 14.0. The van der Waals surface area contributed by atoms with E-state index in [2.05, 4.69) is 15.6 Å². The number of hydrogen-bond acceptors (Lipinski definition) is 3. The molecule has 1 heterocycles. The monoisotopic (exact) mass is 347 g/mol. The highest BCUT2D eigenvalue weighted by Crippen LogP contribution is 2.21. The molecule has 0 saturated carbocycles. The van der Waals surface area contributed by atoms with Crippen molar-refractivity contribution in [3.63, 3.8) is 0 Å². The van der Waals surface area contributed by atoms with Gasteiger partial charge < -0.3 is 10.4 Å². The standard InChI is InChI=1S/C20H17N3O3/c24-19(13-16-3-1-2-4-18(16)23-20(25)26)22-17-7-5-14(6-8-17)15-9-11-21-12-10-15/h1-12,23H,13H2,(H,22,24)(H,25,26). The second-order valence-electron chi connectivity index (χ2n) is 5.63. The van der Waals surface area contributed by atoms with E-state index in [1.165, 1.54) is 0 Å². The van der Waals surface area contributed by atoms with Gasteiger partial charge in [0, 0.05) is 23.8 Å². The highest BCUT2D eigenvalue weighted by atomic mass is 16.4. The van der Waals surface area contributed by atoms with Gasteiger partial charge in [-0.15, -0.1) is 0 Å². The summed E-state index contributed by atoms with van der Waals surface area (Å²) >= 11 is 0. The first-order valence-corrected chi connectivity index (χ1v) is 8.00. The second-order valence-corrected chi connectivity index (χ2v) is 5.63. The summed E-state index contributed by atoms with van der Waals surface area (Å²) < 4.78 is 0. The Morgan fingerprint density at radius 3 is 2.19 bits per heavy atom. The quantitative estimate of drug-likeness (QED) is 0.650. The second kappa shape index (κ2) is 7.94. The topological polar surface area (TPSA) is 91.3 Å². The molecule has 0 saturated heterocycles. The van der Waals surface area contributed by atoms with Gasteiger partial charge in [0.15, 0.2) is 0 Å². The van der Waals surface area contributed by atoms with Gasteiger partial charge >= 0.3 is 6.09 Å². The molecule has 3 aromatic rings. The number of carbonyl (C=O) groups is 2. The number of amides is 2. The van der Waals surface area contributed by atoms with Crippen LogP contribution in [0.1, 0.15) is 5.56 Å². The predicted octanol–water partition coefficient (Wildman–Crippen LogP) is 4.02. The zero-order valence-corrected chi connectivity index (χ0v) is 13.8. The Morgan fingerprint density at radius 1 is 0.846 bits per heavy atom. The summed E-state index contributed by atoms with van der Waals surface area (Å²) in [5.74, 6) is -0.221. The highest BCUT2D eigenvalue weighted by molar-refractivity contribution is 5.94. The van der Waals surface area contributed by atoms with E-state index in [0.717, 1.165) is 11.1 Å². The van der Waals surface area contributed by atoms with Crippen molar-refractivity contribution in [2.24, 2.45) is 0 Å². The van der Waals surface area contributed by atoms with Crippen molar-refractivity contribution in [3.8, 4) is 11.1 Å². The molecular formula is C20H17N3O3. The lowest BCUT2D eigenvalue weighted by Crippen LogP contribution is -2.16. The van der Waals surface area contributed by atoms with Gasteiger partial charge in [-0.1, -0.05) is 30.3 Å². The molecule has 3 N–H and O–H groups in total. The van der Waals surface area contributed by atoms with Gasteiger partial charge in [-0.25, -0.2) is 4.79 Å². The summed E-state index contributed by atoms with van der Waals surface area (Å²) in [6, 6.07) is 18.2. The van der Waals surface area contributed by atoms with Gasteiger partial charge in [-0.3, -0.25) is 15.1 Å². The van der Waals surface area contributed by atoms with Gasteiger partial charge in [0.1, 0.15) is 0 Å². The average Bonchev–Trinajstić information content (AvgIpc) is 2.64.